The van der Waals surface area contributed by atoms with E-state index in [0.29, 0.717) is 10.6 Å². The molecule has 136 valence electrons. The van der Waals surface area contributed by atoms with Crippen LogP contribution in [0, 0.1) is 0 Å². The Kier molecular flexibility index (Phi) is 4.11. The van der Waals surface area contributed by atoms with Crippen LogP contribution >= 0.6 is 11.3 Å². The van der Waals surface area contributed by atoms with Gasteiger partial charge >= 0.3 is 6.18 Å². The molecule has 1 aromatic carbocycles. The maximum Gasteiger partial charge on any atom is 0.416 e. The third-order valence-corrected chi connectivity index (χ3v) is 4.42. The lowest BCUT2D eigenvalue weighted by atomic mass is 10.2. The average molecular weight is 389 g/mol. The number of nitrogens with one attached hydrogen (secondary N) is 1. The molecule has 0 saturated heterocycles. The van der Waals surface area contributed by atoms with E-state index < -0.39 is 17.6 Å². The van der Waals surface area contributed by atoms with Gasteiger partial charge in [0.05, 0.1) is 5.56 Å². The minimum atomic E-state index is -4.46. The van der Waals surface area contributed by atoms with Crippen molar-refractivity contribution in [2.75, 3.05) is 5.32 Å². The zero-order chi connectivity index (χ0) is 19.0. The van der Waals surface area contributed by atoms with Gasteiger partial charge in [-0.2, -0.15) is 13.2 Å². The molecule has 4 rings (SSSR count). The summed E-state index contributed by atoms with van der Waals surface area (Å²) in [5.74, 6) is -0.469. The summed E-state index contributed by atoms with van der Waals surface area (Å²) in [6.07, 6.45) is -1.53. The Morgan fingerprint density at radius 2 is 2.00 bits per heavy atom. The molecule has 0 saturated carbocycles. The van der Waals surface area contributed by atoms with Crippen LogP contribution in [0.5, 0.6) is 0 Å². The molecule has 0 spiro atoms. The molecule has 6 nitrogen and oxygen atoms in total. The third kappa shape index (κ3) is 3.38. The Labute approximate surface area is 154 Å². The van der Waals surface area contributed by atoms with Crippen molar-refractivity contribution in [3.8, 4) is 5.69 Å². The number of fused-ring (bicyclic) bond motifs is 1. The lowest BCUT2D eigenvalue weighted by molar-refractivity contribution is -0.137. The first kappa shape index (κ1) is 17.2. The van der Waals surface area contributed by atoms with Crippen LogP contribution in [-0.2, 0) is 6.18 Å². The monoisotopic (exact) mass is 389 g/mol. The molecule has 0 aliphatic rings. The Morgan fingerprint density at radius 1 is 1.15 bits per heavy atom. The van der Waals surface area contributed by atoms with E-state index in [1.165, 1.54) is 40.4 Å². The first-order valence-corrected chi connectivity index (χ1v) is 8.52. The average Bonchev–Trinajstić information content (AvgIpc) is 3.30. The first-order valence-electron chi connectivity index (χ1n) is 7.64. The summed E-state index contributed by atoms with van der Waals surface area (Å²) < 4.78 is 40.3. The van der Waals surface area contributed by atoms with Crippen LogP contribution in [0.1, 0.15) is 16.1 Å². The summed E-state index contributed by atoms with van der Waals surface area (Å²) in [6.45, 7) is 0. The number of nitrogens with zero attached hydrogens (tertiary/aromatic N) is 4. The van der Waals surface area contributed by atoms with Crippen LogP contribution in [0.15, 0.2) is 54.3 Å². The molecule has 0 radical (unpaired) electrons. The Hall–Kier alpha value is -3.27. The summed E-state index contributed by atoms with van der Waals surface area (Å²) in [7, 11) is 0. The molecule has 0 aliphatic heterocycles. The highest BCUT2D eigenvalue weighted by molar-refractivity contribution is 7.13. The Bertz CT molecular complexity index is 1120. The maximum absolute atomic E-state index is 13.0. The molecule has 0 aliphatic carbocycles. The van der Waals surface area contributed by atoms with Gasteiger partial charge in [0, 0.05) is 17.3 Å². The van der Waals surface area contributed by atoms with Crippen molar-refractivity contribution in [2.45, 2.75) is 6.18 Å². The molecule has 10 heteroatoms. The summed E-state index contributed by atoms with van der Waals surface area (Å²) in [5.41, 5.74) is 0.308. The predicted octanol–water partition coefficient (Wildman–Crippen LogP) is 4.15. The number of halogens is 3. The molecule has 3 heterocycles. The van der Waals surface area contributed by atoms with Crippen molar-refractivity contribution in [1.29, 1.82) is 0 Å². The molecule has 0 fully saturated rings. The third-order valence-electron chi connectivity index (χ3n) is 3.73. The Balaban J connectivity index is 1.74. The number of aromatic nitrogens is 4. The van der Waals surface area contributed by atoms with Crippen molar-refractivity contribution in [3.05, 3.63) is 65.6 Å². The largest absolute Gasteiger partial charge is 0.416 e. The van der Waals surface area contributed by atoms with E-state index in [2.05, 4.69) is 20.3 Å². The van der Waals surface area contributed by atoms with Gasteiger partial charge in [-0.25, -0.2) is 15.0 Å². The number of imidazole rings is 1. The topological polar surface area (TPSA) is 72.7 Å². The molecule has 3 aromatic heterocycles. The molecule has 0 bridgehead atoms. The molecule has 0 unspecified atom stereocenters. The van der Waals surface area contributed by atoms with E-state index in [-0.39, 0.29) is 17.0 Å². The molecule has 4 aromatic rings. The van der Waals surface area contributed by atoms with Gasteiger partial charge in [-0.3, -0.25) is 14.7 Å². The minimum Gasteiger partial charge on any atom is -0.296 e. The number of alkyl halides is 3. The number of carbonyl (C=O) groups is 1. The van der Waals surface area contributed by atoms with Crippen LogP contribution < -0.4 is 5.32 Å². The van der Waals surface area contributed by atoms with Crippen molar-refractivity contribution in [2.24, 2.45) is 0 Å². The van der Waals surface area contributed by atoms with Crippen LogP contribution in [0.25, 0.3) is 16.9 Å². The fourth-order valence-electron chi connectivity index (χ4n) is 2.49. The van der Waals surface area contributed by atoms with Crippen LogP contribution in [0.4, 0.5) is 18.3 Å². The maximum atomic E-state index is 13.0. The van der Waals surface area contributed by atoms with E-state index in [4.69, 9.17) is 0 Å². The lowest BCUT2D eigenvalue weighted by Crippen LogP contribution is -2.13. The molecular formula is C17H10F3N5OS. The van der Waals surface area contributed by atoms with Gasteiger partial charge in [0.15, 0.2) is 10.8 Å². The molecule has 1 amide bonds. The fraction of sp³-hybridized carbons (Fsp3) is 0.0588. The van der Waals surface area contributed by atoms with Crippen molar-refractivity contribution in [3.63, 3.8) is 0 Å². The second-order valence-electron chi connectivity index (χ2n) is 5.49. The van der Waals surface area contributed by atoms with E-state index >= 15 is 0 Å². The summed E-state index contributed by atoms with van der Waals surface area (Å²) >= 11 is 1.26. The van der Waals surface area contributed by atoms with Crippen molar-refractivity contribution >= 4 is 33.5 Å². The molecular weight excluding hydrogens is 379 g/mol. The SMILES string of the molecule is O=C(Nc1nccs1)c1ccc2ncn(-c3cccc(C(F)(F)F)c3)c2n1. The predicted molar refractivity (Wildman–Crippen MR) is 93.9 cm³/mol. The van der Waals surface area contributed by atoms with Gasteiger partial charge in [-0.15, -0.1) is 11.3 Å². The van der Waals surface area contributed by atoms with E-state index in [9.17, 15) is 18.0 Å². The summed E-state index contributed by atoms with van der Waals surface area (Å²) in [6, 6.07) is 7.90. The second kappa shape index (κ2) is 6.47. The lowest BCUT2D eigenvalue weighted by Gasteiger charge is -2.10. The van der Waals surface area contributed by atoms with Crippen molar-refractivity contribution < 1.29 is 18.0 Å². The number of rotatable bonds is 3. The quantitative estimate of drug-likeness (QED) is 0.571. The standard InChI is InChI=1S/C17H10F3N5OS/c18-17(19,20)10-2-1-3-11(8-10)25-9-22-12-4-5-13(23-14(12)25)15(26)24-16-21-6-7-27-16/h1-9H,(H,21,24,26). The summed E-state index contributed by atoms with van der Waals surface area (Å²) in [4.78, 5) is 24.7. The molecule has 1 N–H and O–H groups in total. The highest BCUT2D eigenvalue weighted by Gasteiger charge is 2.30. The number of benzene rings is 1. The highest BCUT2D eigenvalue weighted by Crippen LogP contribution is 2.30. The van der Waals surface area contributed by atoms with Gasteiger partial charge in [-0.1, -0.05) is 6.07 Å². The number of pyridine rings is 1. The normalized spacial score (nSPS) is 11.7. The minimum absolute atomic E-state index is 0.103. The van der Waals surface area contributed by atoms with E-state index in [0.717, 1.165) is 12.1 Å². The number of anilines is 1. The zero-order valence-electron chi connectivity index (χ0n) is 13.4. The Morgan fingerprint density at radius 3 is 2.74 bits per heavy atom. The molecule has 0 atom stereocenters. The first-order chi connectivity index (χ1) is 12.9. The van der Waals surface area contributed by atoms with E-state index in [1.54, 1.807) is 17.6 Å². The fourth-order valence-corrected chi connectivity index (χ4v) is 3.01. The smallest absolute Gasteiger partial charge is 0.296 e. The van der Waals surface area contributed by atoms with Crippen LogP contribution in [0.2, 0.25) is 0 Å². The van der Waals surface area contributed by atoms with Gasteiger partial charge in [0.25, 0.3) is 5.91 Å². The van der Waals surface area contributed by atoms with Gasteiger partial charge in [0.1, 0.15) is 17.5 Å². The van der Waals surface area contributed by atoms with E-state index in [1.807, 2.05) is 0 Å². The number of hydrogen-bond acceptors (Lipinski definition) is 5. The van der Waals surface area contributed by atoms with Crippen LogP contribution in [-0.4, -0.2) is 25.4 Å². The van der Waals surface area contributed by atoms with Crippen LogP contribution in [0.3, 0.4) is 0 Å². The van der Waals surface area contributed by atoms with Gasteiger partial charge < -0.3 is 0 Å². The van der Waals surface area contributed by atoms with Gasteiger partial charge in [-0.05, 0) is 30.3 Å². The second-order valence-corrected chi connectivity index (χ2v) is 6.39. The number of hydrogen-bond donors (Lipinski definition) is 1. The number of carbonyl (C=O) groups excluding carboxylic acids is 1. The number of amides is 1. The highest BCUT2D eigenvalue weighted by atomic mass is 32.1. The number of thiazole rings is 1. The van der Waals surface area contributed by atoms with Gasteiger partial charge in [0.2, 0.25) is 0 Å². The molecule has 27 heavy (non-hydrogen) atoms. The summed E-state index contributed by atoms with van der Waals surface area (Å²) in [5, 5.41) is 4.75. The van der Waals surface area contributed by atoms with Crippen molar-refractivity contribution in [1.82, 2.24) is 19.5 Å². The zero-order valence-corrected chi connectivity index (χ0v) is 14.3.